The Morgan fingerprint density at radius 2 is 1.46 bits per heavy atom. The first kappa shape index (κ1) is 18.0. The summed E-state index contributed by atoms with van der Waals surface area (Å²) in [5.41, 5.74) is 7.29. The van der Waals surface area contributed by atoms with E-state index in [1.807, 2.05) is 24.3 Å². The maximum absolute atomic E-state index is 12.7. The van der Waals surface area contributed by atoms with Crippen LogP contribution < -0.4 is 5.73 Å². The van der Waals surface area contributed by atoms with E-state index in [0.717, 1.165) is 36.5 Å². The highest BCUT2D eigenvalue weighted by atomic mass is 19.4. The summed E-state index contributed by atoms with van der Waals surface area (Å²) in [6.45, 7) is 0. The highest BCUT2D eigenvalue weighted by Crippen LogP contribution is 2.29. The van der Waals surface area contributed by atoms with Crippen LogP contribution >= 0.6 is 0 Å². The van der Waals surface area contributed by atoms with E-state index in [1.165, 1.54) is 12.1 Å². The lowest BCUT2D eigenvalue weighted by atomic mass is 10.0. The number of amides is 1. The Balaban J connectivity index is 1.80. The number of hydrogen-bond acceptors (Lipinski definition) is 1. The van der Waals surface area contributed by atoms with E-state index < -0.39 is 11.7 Å². The monoisotopic (exact) mass is 335 g/mol. The molecule has 0 saturated heterocycles. The van der Waals surface area contributed by atoms with E-state index in [0.29, 0.717) is 12.0 Å². The first-order valence-electron chi connectivity index (χ1n) is 7.87. The van der Waals surface area contributed by atoms with Gasteiger partial charge in [0, 0.05) is 0 Å². The van der Waals surface area contributed by atoms with Gasteiger partial charge in [0.05, 0.1) is 12.0 Å². The van der Waals surface area contributed by atoms with Gasteiger partial charge in [0.1, 0.15) is 0 Å². The number of halogens is 3. The summed E-state index contributed by atoms with van der Waals surface area (Å²) in [5, 5.41) is 0. The molecule has 128 valence electrons. The Morgan fingerprint density at radius 1 is 0.875 bits per heavy atom. The van der Waals surface area contributed by atoms with Gasteiger partial charge in [-0.15, -0.1) is 0 Å². The van der Waals surface area contributed by atoms with E-state index in [2.05, 4.69) is 0 Å². The molecule has 0 saturated carbocycles. The maximum Gasteiger partial charge on any atom is 0.416 e. The van der Waals surface area contributed by atoms with Gasteiger partial charge in [0.15, 0.2) is 0 Å². The zero-order valence-electron chi connectivity index (χ0n) is 13.3. The fourth-order valence-corrected chi connectivity index (χ4v) is 2.59. The van der Waals surface area contributed by atoms with Crippen LogP contribution in [0, 0.1) is 0 Å². The van der Waals surface area contributed by atoms with Crippen molar-refractivity contribution < 1.29 is 18.0 Å². The van der Waals surface area contributed by atoms with Gasteiger partial charge in [0.2, 0.25) is 5.91 Å². The van der Waals surface area contributed by atoms with Crippen LogP contribution in [0.4, 0.5) is 13.2 Å². The molecular weight excluding hydrogens is 315 g/mol. The van der Waals surface area contributed by atoms with E-state index in [-0.39, 0.29) is 12.3 Å². The van der Waals surface area contributed by atoms with Gasteiger partial charge >= 0.3 is 6.18 Å². The van der Waals surface area contributed by atoms with Crippen LogP contribution in [0.25, 0.3) is 0 Å². The van der Waals surface area contributed by atoms with Gasteiger partial charge < -0.3 is 5.73 Å². The predicted molar refractivity (Wildman–Crippen MR) is 87.4 cm³/mol. The average Bonchev–Trinajstić information content (AvgIpc) is 2.52. The number of unbranched alkanes of at least 4 members (excludes halogenated alkanes) is 1. The third kappa shape index (κ3) is 5.72. The number of carbonyl (C=O) groups is 1. The number of primary amides is 1. The zero-order valence-corrected chi connectivity index (χ0v) is 13.3. The van der Waals surface area contributed by atoms with Crippen molar-refractivity contribution in [3.05, 3.63) is 70.8 Å². The lowest BCUT2D eigenvalue weighted by molar-refractivity contribution is -0.137. The first-order chi connectivity index (χ1) is 11.3. The lowest BCUT2D eigenvalue weighted by Crippen LogP contribution is -2.13. The summed E-state index contributed by atoms with van der Waals surface area (Å²) in [6.07, 6.45) is -0.853. The smallest absolute Gasteiger partial charge is 0.369 e. The summed E-state index contributed by atoms with van der Waals surface area (Å²) in [7, 11) is 0. The molecule has 0 radical (unpaired) electrons. The molecule has 0 heterocycles. The number of carbonyl (C=O) groups excluding carboxylic acids is 1. The molecule has 2 aromatic rings. The summed E-state index contributed by atoms with van der Waals surface area (Å²) >= 11 is 0. The standard InChI is InChI=1S/C19H20F3NO/c20-19(21,22)17-7-3-6-15(12-17)5-2-1-4-14-8-10-16(11-9-14)13-18(23)24/h3,6-12H,1-2,4-5,13H2,(H2,23,24). The molecule has 0 bridgehead atoms. The van der Waals surface area contributed by atoms with E-state index in [1.54, 1.807) is 6.07 Å². The van der Waals surface area contributed by atoms with Crippen molar-refractivity contribution in [3.63, 3.8) is 0 Å². The van der Waals surface area contributed by atoms with Crippen LogP contribution in [0.3, 0.4) is 0 Å². The molecule has 0 aliphatic heterocycles. The Hall–Kier alpha value is -2.30. The highest BCUT2D eigenvalue weighted by molar-refractivity contribution is 5.76. The summed E-state index contributed by atoms with van der Waals surface area (Å²) in [4.78, 5) is 10.8. The quantitative estimate of drug-likeness (QED) is 0.753. The van der Waals surface area contributed by atoms with Crippen LogP contribution in [0.2, 0.25) is 0 Å². The summed E-state index contributed by atoms with van der Waals surface area (Å²) in [6, 6.07) is 13.2. The van der Waals surface area contributed by atoms with Crippen LogP contribution in [0.15, 0.2) is 48.5 Å². The Morgan fingerprint density at radius 3 is 2.04 bits per heavy atom. The van der Waals surface area contributed by atoms with Crippen LogP contribution in [-0.4, -0.2) is 5.91 Å². The molecule has 2 N–H and O–H groups in total. The van der Waals surface area contributed by atoms with Crippen molar-refractivity contribution in [3.8, 4) is 0 Å². The predicted octanol–water partition coefficient (Wildman–Crippen LogP) is 4.30. The minimum Gasteiger partial charge on any atom is -0.369 e. The van der Waals surface area contributed by atoms with Gasteiger partial charge in [-0.3, -0.25) is 4.79 Å². The molecular formula is C19H20F3NO. The summed E-state index contributed by atoms with van der Waals surface area (Å²) in [5.74, 6) is -0.358. The van der Waals surface area contributed by atoms with Crippen molar-refractivity contribution >= 4 is 5.91 Å². The lowest BCUT2D eigenvalue weighted by Gasteiger charge is -2.09. The molecule has 0 atom stereocenters. The Kier molecular flexibility index (Phi) is 6.01. The Labute approximate surface area is 139 Å². The van der Waals surface area contributed by atoms with E-state index >= 15 is 0 Å². The summed E-state index contributed by atoms with van der Waals surface area (Å²) < 4.78 is 38.0. The van der Waals surface area contributed by atoms with Gasteiger partial charge in [-0.2, -0.15) is 13.2 Å². The van der Waals surface area contributed by atoms with Gasteiger partial charge in [-0.1, -0.05) is 42.5 Å². The topological polar surface area (TPSA) is 43.1 Å². The molecule has 2 rings (SSSR count). The number of alkyl halides is 3. The number of nitrogens with two attached hydrogens (primary N) is 1. The van der Waals surface area contributed by atoms with Crippen LogP contribution in [-0.2, 0) is 30.2 Å². The number of aryl methyl sites for hydroxylation is 2. The van der Waals surface area contributed by atoms with Crippen molar-refractivity contribution in [1.29, 1.82) is 0 Å². The zero-order chi connectivity index (χ0) is 17.6. The molecule has 24 heavy (non-hydrogen) atoms. The maximum atomic E-state index is 12.7. The second-order valence-corrected chi connectivity index (χ2v) is 5.86. The molecule has 5 heteroatoms. The highest BCUT2D eigenvalue weighted by Gasteiger charge is 2.30. The van der Waals surface area contributed by atoms with Crippen molar-refractivity contribution in [2.45, 2.75) is 38.3 Å². The SMILES string of the molecule is NC(=O)Cc1ccc(CCCCc2cccc(C(F)(F)F)c2)cc1. The number of benzene rings is 2. The molecule has 0 unspecified atom stereocenters. The third-order valence-corrected chi connectivity index (χ3v) is 3.84. The molecule has 0 aliphatic carbocycles. The van der Waals surface area contributed by atoms with Gasteiger partial charge in [-0.05, 0) is 48.4 Å². The number of hydrogen-bond donors (Lipinski definition) is 1. The fraction of sp³-hybridized carbons (Fsp3) is 0.316. The molecule has 2 nitrogen and oxygen atoms in total. The van der Waals surface area contributed by atoms with E-state index in [4.69, 9.17) is 5.73 Å². The van der Waals surface area contributed by atoms with Crippen molar-refractivity contribution in [2.75, 3.05) is 0 Å². The molecule has 0 spiro atoms. The second-order valence-electron chi connectivity index (χ2n) is 5.86. The minimum atomic E-state index is -4.29. The normalized spacial score (nSPS) is 11.5. The van der Waals surface area contributed by atoms with E-state index in [9.17, 15) is 18.0 Å². The first-order valence-corrected chi connectivity index (χ1v) is 7.87. The number of rotatable bonds is 7. The van der Waals surface area contributed by atoms with Gasteiger partial charge in [0.25, 0.3) is 0 Å². The van der Waals surface area contributed by atoms with Crippen LogP contribution in [0.1, 0.15) is 35.1 Å². The second kappa shape index (κ2) is 7.99. The van der Waals surface area contributed by atoms with Crippen molar-refractivity contribution in [2.24, 2.45) is 5.73 Å². The van der Waals surface area contributed by atoms with Gasteiger partial charge in [-0.25, -0.2) is 0 Å². The Bertz CT molecular complexity index is 678. The molecule has 0 aromatic heterocycles. The van der Waals surface area contributed by atoms with Crippen molar-refractivity contribution in [1.82, 2.24) is 0 Å². The molecule has 1 amide bonds. The van der Waals surface area contributed by atoms with Crippen LogP contribution in [0.5, 0.6) is 0 Å². The molecule has 2 aromatic carbocycles. The third-order valence-electron chi connectivity index (χ3n) is 3.84. The fourth-order valence-electron chi connectivity index (χ4n) is 2.59. The average molecular weight is 335 g/mol. The molecule has 0 aliphatic rings. The largest absolute Gasteiger partial charge is 0.416 e. The molecule has 0 fully saturated rings. The minimum absolute atomic E-state index is 0.232.